The molecule has 0 aromatic carbocycles. The Bertz CT molecular complexity index is 645. The van der Waals surface area contributed by atoms with E-state index in [2.05, 4.69) is 9.84 Å². The third-order valence-electron chi connectivity index (χ3n) is 3.25. The van der Waals surface area contributed by atoms with E-state index in [-0.39, 0.29) is 6.42 Å². The minimum absolute atomic E-state index is 0.0791. The molecule has 9 nitrogen and oxygen atoms in total. The lowest BCUT2D eigenvalue weighted by atomic mass is 10.2. The second kappa shape index (κ2) is 6.20. The third kappa shape index (κ3) is 3.38. The zero-order valence-corrected chi connectivity index (χ0v) is 11.5. The molecule has 1 aromatic rings. The molecule has 3 N–H and O–H groups in total. The van der Waals surface area contributed by atoms with Gasteiger partial charge in [-0.3, -0.25) is 9.78 Å². The van der Waals surface area contributed by atoms with E-state index in [9.17, 15) is 23.5 Å². The number of aliphatic hydroxyl groups excluding tert-OH is 2. The molecule has 3 atom stereocenters. The van der Waals surface area contributed by atoms with Crippen molar-refractivity contribution in [1.29, 1.82) is 0 Å². The highest BCUT2D eigenvalue weighted by Gasteiger charge is 2.37. The fraction of sp³-hybridized carbons (Fsp3) is 0.727. The molecule has 2 rings (SSSR count). The molecule has 0 aliphatic carbocycles. The predicted octanol–water partition coefficient (Wildman–Crippen LogP) is -1.65. The number of methoxy groups -OCH3 is 1. The average molecular weight is 323 g/mol. The van der Waals surface area contributed by atoms with Gasteiger partial charge in [-0.2, -0.15) is 18.6 Å². The fourth-order valence-corrected chi connectivity index (χ4v) is 2.05. The molecule has 1 aliphatic heterocycles. The summed E-state index contributed by atoms with van der Waals surface area (Å²) in [4.78, 5) is 25.1. The number of H-pyrrole nitrogens is 1. The standard InChI is InChI=1S/C11H15F2N3O6/c1-21-11(12,13)3-5-9(19)14-10(20)16(15-5)8-2-6(18)7(4-17)22-8/h6-8,17-18H,2-4H2,1H3,(H,14,19,20)/t6-,7-,8?/m1/s1. The zero-order valence-electron chi connectivity index (χ0n) is 11.5. The Balaban J connectivity index is 2.34. The molecule has 124 valence electrons. The van der Waals surface area contributed by atoms with Crippen LogP contribution in [-0.2, 0) is 15.9 Å². The molecule has 0 amide bonds. The van der Waals surface area contributed by atoms with Crippen LogP contribution < -0.4 is 11.2 Å². The van der Waals surface area contributed by atoms with E-state index in [1.54, 1.807) is 0 Å². The van der Waals surface area contributed by atoms with Crippen molar-refractivity contribution in [3.63, 3.8) is 0 Å². The normalized spacial score (nSPS) is 25.6. The van der Waals surface area contributed by atoms with Crippen molar-refractivity contribution in [2.24, 2.45) is 0 Å². The van der Waals surface area contributed by atoms with E-state index in [0.29, 0.717) is 4.68 Å². The van der Waals surface area contributed by atoms with Gasteiger partial charge in [-0.05, 0) is 0 Å². The SMILES string of the molecule is COC(F)(F)Cc1nn(C2C[C@@H](O)[C@@H](CO)O2)c(=O)[nH]c1=O. The Morgan fingerprint density at radius 2 is 2.23 bits per heavy atom. The van der Waals surface area contributed by atoms with Gasteiger partial charge in [0.2, 0.25) is 0 Å². The molecule has 1 saturated heterocycles. The maximum Gasteiger partial charge on any atom is 0.361 e. The maximum absolute atomic E-state index is 13.2. The van der Waals surface area contributed by atoms with Crippen LogP contribution >= 0.6 is 0 Å². The number of ether oxygens (including phenoxy) is 2. The first-order chi connectivity index (χ1) is 10.3. The number of rotatable bonds is 5. The summed E-state index contributed by atoms with van der Waals surface area (Å²) in [7, 11) is 0.770. The number of nitrogens with one attached hydrogen (secondary N) is 1. The van der Waals surface area contributed by atoms with Gasteiger partial charge in [0.25, 0.3) is 5.56 Å². The second-order valence-electron chi connectivity index (χ2n) is 4.78. The smallest absolute Gasteiger partial charge is 0.361 e. The molecule has 0 saturated carbocycles. The van der Waals surface area contributed by atoms with Crippen molar-refractivity contribution in [3.05, 3.63) is 26.5 Å². The fourth-order valence-electron chi connectivity index (χ4n) is 2.05. The van der Waals surface area contributed by atoms with E-state index in [4.69, 9.17) is 9.84 Å². The van der Waals surface area contributed by atoms with Crippen LogP contribution in [0.2, 0.25) is 0 Å². The number of aromatic amines is 1. The van der Waals surface area contributed by atoms with Crippen molar-refractivity contribution in [2.75, 3.05) is 13.7 Å². The molecular weight excluding hydrogens is 308 g/mol. The Labute approximate surface area is 122 Å². The van der Waals surface area contributed by atoms with E-state index >= 15 is 0 Å². The van der Waals surface area contributed by atoms with Crippen LogP contribution in [0.1, 0.15) is 18.3 Å². The average Bonchev–Trinajstić information content (AvgIpc) is 2.82. The molecule has 1 fully saturated rings. The monoisotopic (exact) mass is 323 g/mol. The highest BCUT2D eigenvalue weighted by Crippen LogP contribution is 2.26. The van der Waals surface area contributed by atoms with Crippen molar-refractivity contribution >= 4 is 0 Å². The number of hydrogen-bond acceptors (Lipinski definition) is 7. The van der Waals surface area contributed by atoms with Crippen LogP contribution in [0, 0.1) is 0 Å². The first-order valence-corrected chi connectivity index (χ1v) is 6.37. The van der Waals surface area contributed by atoms with Gasteiger partial charge in [-0.25, -0.2) is 4.79 Å². The molecule has 2 heterocycles. The lowest BCUT2D eigenvalue weighted by Gasteiger charge is -2.16. The van der Waals surface area contributed by atoms with E-state index in [1.807, 2.05) is 4.98 Å². The molecule has 22 heavy (non-hydrogen) atoms. The summed E-state index contributed by atoms with van der Waals surface area (Å²) in [6.07, 6.45) is -7.87. The molecule has 0 spiro atoms. The van der Waals surface area contributed by atoms with E-state index in [1.165, 1.54) is 0 Å². The predicted molar refractivity (Wildman–Crippen MR) is 66.4 cm³/mol. The highest BCUT2D eigenvalue weighted by molar-refractivity contribution is 4.96. The first kappa shape index (κ1) is 16.7. The number of halogens is 2. The van der Waals surface area contributed by atoms with Crippen molar-refractivity contribution in [1.82, 2.24) is 14.8 Å². The van der Waals surface area contributed by atoms with Crippen LogP contribution in [-0.4, -0.2) is 57.0 Å². The number of aliphatic hydroxyl groups is 2. The van der Waals surface area contributed by atoms with Gasteiger partial charge in [0, 0.05) is 13.5 Å². The quantitative estimate of drug-likeness (QED) is 0.593. The molecule has 1 aromatic heterocycles. The molecule has 0 bridgehead atoms. The summed E-state index contributed by atoms with van der Waals surface area (Å²) in [6.45, 7) is -0.482. The Kier molecular flexibility index (Phi) is 4.70. The third-order valence-corrected chi connectivity index (χ3v) is 3.25. The molecule has 1 aliphatic rings. The molecule has 0 radical (unpaired) electrons. The highest BCUT2D eigenvalue weighted by atomic mass is 19.3. The van der Waals surface area contributed by atoms with E-state index < -0.39 is 54.5 Å². The van der Waals surface area contributed by atoms with Crippen LogP contribution in [0.25, 0.3) is 0 Å². The van der Waals surface area contributed by atoms with Gasteiger partial charge in [0.1, 0.15) is 11.8 Å². The minimum atomic E-state index is -3.62. The summed E-state index contributed by atoms with van der Waals surface area (Å²) in [5.74, 6) is 0. The van der Waals surface area contributed by atoms with Crippen LogP contribution in [0.3, 0.4) is 0 Å². The van der Waals surface area contributed by atoms with Gasteiger partial charge >= 0.3 is 11.8 Å². The summed E-state index contributed by atoms with van der Waals surface area (Å²) in [5.41, 5.74) is -2.64. The van der Waals surface area contributed by atoms with Crippen molar-refractivity contribution in [2.45, 2.75) is 37.4 Å². The topological polar surface area (TPSA) is 127 Å². The summed E-state index contributed by atoms with van der Waals surface area (Å²) < 4.78 is 36.2. The minimum Gasteiger partial charge on any atom is -0.394 e. The van der Waals surface area contributed by atoms with Crippen LogP contribution in [0.4, 0.5) is 8.78 Å². The maximum atomic E-state index is 13.2. The Morgan fingerprint density at radius 1 is 1.55 bits per heavy atom. The number of alkyl halides is 2. The van der Waals surface area contributed by atoms with E-state index in [0.717, 1.165) is 7.11 Å². The lowest BCUT2D eigenvalue weighted by molar-refractivity contribution is -0.220. The van der Waals surface area contributed by atoms with Gasteiger partial charge in [0.05, 0.1) is 19.1 Å². The number of nitrogens with zero attached hydrogens (tertiary/aromatic N) is 2. The number of hydrogen-bond donors (Lipinski definition) is 3. The van der Waals surface area contributed by atoms with Gasteiger partial charge in [-0.15, -0.1) is 0 Å². The second-order valence-corrected chi connectivity index (χ2v) is 4.78. The lowest BCUT2D eigenvalue weighted by Crippen LogP contribution is -2.39. The Hall–Kier alpha value is -1.69. The Morgan fingerprint density at radius 3 is 2.77 bits per heavy atom. The largest absolute Gasteiger partial charge is 0.394 e. The number of aromatic nitrogens is 3. The first-order valence-electron chi connectivity index (χ1n) is 6.37. The van der Waals surface area contributed by atoms with Crippen molar-refractivity contribution in [3.8, 4) is 0 Å². The van der Waals surface area contributed by atoms with Gasteiger partial charge < -0.3 is 19.7 Å². The van der Waals surface area contributed by atoms with Crippen LogP contribution in [0.5, 0.6) is 0 Å². The summed E-state index contributed by atoms with van der Waals surface area (Å²) in [5, 5.41) is 22.2. The molecular formula is C11H15F2N3O6. The zero-order chi connectivity index (χ0) is 16.5. The summed E-state index contributed by atoms with van der Waals surface area (Å²) >= 11 is 0. The van der Waals surface area contributed by atoms with Crippen LogP contribution in [0.15, 0.2) is 9.59 Å². The van der Waals surface area contributed by atoms with Crippen molar-refractivity contribution < 1.29 is 28.5 Å². The van der Waals surface area contributed by atoms with Gasteiger partial charge in [0.15, 0.2) is 6.23 Å². The molecule has 1 unspecified atom stereocenters. The van der Waals surface area contributed by atoms with Gasteiger partial charge in [-0.1, -0.05) is 0 Å². The molecule has 11 heteroatoms. The summed E-state index contributed by atoms with van der Waals surface area (Å²) in [6, 6.07) is 0.